The summed E-state index contributed by atoms with van der Waals surface area (Å²) < 4.78 is 0. The van der Waals surface area contributed by atoms with Crippen LogP contribution in [-0.4, -0.2) is 21.6 Å². The maximum Gasteiger partial charge on any atom is 0.141 e. The molecule has 2 N–H and O–H groups in total. The maximum atomic E-state index is 9.74. The molecule has 1 aromatic carbocycles. The molecule has 0 spiro atoms. The van der Waals surface area contributed by atoms with Crippen LogP contribution in [0, 0.1) is 6.92 Å². The van der Waals surface area contributed by atoms with Crippen LogP contribution < -0.4 is 5.32 Å². The molecule has 0 bridgehead atoms. The smallest absolute Gasteiger partial charge is 0.141 e. The summed E-state index contributed by atoms with van der Waals surface area (Å²) in [5.41, 5.74) is 0.950. The third-order valence-corrected chi connectivity index (χ3v) is 3.74. The van der Waals surface area contributed by atoms with Gasteiger partial charge in [-0.3, -0.25) is 0 Å². The molecule has 1 aromatic heterocycles. The van der Waals surface area contributed by atoms with Crippen molar-refractivity contribution in [3.8, 4) is 5.75 Å². The van der Waals surface area contributed by atoms with Gasteiger partial charge in [-0.05, 0) is 25.5 Å². The van der Waals surface area contributed by atoms with Crippen LogP contribution in [-0.2, 0) is 5.75 Å². The predicted octanol–water partition coefficient (Wildman–Crippen LogP) is 3.60. The van der Waals surface area contributed by atoms with E-state index < -0.39 is 0 Å². The lowest BCUT2D eigenvalue weighted by atomic mass is 10.3. The Morgan fingerprint density at radius 3 is 2.80 bits per heavy atom. The van der Waals surface area contributed by atoms with Gasteiger partial charge in [0.2, 0.25) is 0 Å². The van der Waals surface area contributed by atoms with Gasteiger partial charge in [-0.15, -0.1) is 11.8 Å². The SMILES string of the molecule is CCCNc1cc(C)nc(CSc2ccccc2O)n1. The molecule has 0 atom stereocenters. The van der Waals surface area contributed by atoms with Crippen LogP contribution in [0.1, 0.15) is 24.9 Å². The molecule has 1 heterocycles. The molecule has 20 heavy (non-hydrogen) atoms. The molecule has 0 aliphatic heterocycles. The number of benzene rings is 1. The summed E-state index contributed by atoms with van der Waals surface area (Å²) in [7, 11) is 0. The van der Waals surface area contributed by atoms with Crippen molar-refractivity contribution in [1.29, 1.82) is 0 Å². The number of aromatic hydroxyl groups is 1. The highest BCUT2D eigenvalue weighted by Crippen LogP contribution is 2.29. The van der Waals surface area contributed by atoms with E-state index in [-0.39, 0.29) is 0 Å². The van der Waals surface area contributed by atoms with Crippen LogP contribution in [0.2, 0.25) is 0 Å². The van der Waals surface area contributed by atoms with Gasteiger partial charge in [-0.2, -0.15) is 0 Å². The molecule has 0 aliphatic carbocycles. The van der Waals surface area contributed by atoms with Crippen LogP contribution in [0.5, 0.6) is 5.75 Å². The van der Waals surface area contributed by atoms with E-state index in [4.69, 9.17) is 0 Å². The van der Waals surface area contributed by atoms with Crippen LogP contribution in [0.4, 0.5) is 5.82 Å². The Balaban J connectivity index is 2.05. The van der Waals surface area contributed by atoms with Crippen molar-refractivity contribution in [2.24, 2.45) is 0 Å². The van der Waals surface area contributed by atoms with Gasteiger partial charge >= 0.3 is 0 Å². The summed E-state index contributed by atoms with van der Waals surface area (Å²) in [6.45, 7) is 4.99. The fraction of sp³-hybridized carbons (Fsp3) is 0.333. The number of hydrogen-bond donors (Lipinski definition) is 2. The van der Waals surface area contributed by atoms with Crippen molar-refractivity contribution >= 4 is 17.6 Å². The van der Waals surface area contributed by atoms with E-state index in [0.29, 0.717) is 11.5 Å². The topological polar surface area (TPSA) is 58.0 Å². The number of nitrogens with one attached hydrogen (secondary N) is 1. The summed E-state index contributed by atoms with van der Waals surface area (Å²) in [5.74, 6) is 2.58. The van der Waals surface area contributed by atoms with Gasteiger partial charge in [-0.25, -0.2) is 9.97 Å². The summed E-state index contributed by atoms with van der Waals surface area (Å²) in [5, 5.41) is 13.0. The molecule has 0 aliphatic rings. The molecule has 0 fully saturated rings. The van der Waals surface area contributed by atoms with Crippen molar-refractivity contribution < 1.29 is 5.11 Å². The van der Waals surface area contributed by atoms with Crippen LogP contribution in [0.15, 0.2) is 35.2 Å². The van der Waals surface area contributed by atoms with Gasteiger partial charge in [0.1, 0.15) is 17.4 Å². The highest BCUT2D eigenvalue weighted by atomic mass is 32.2. The largest absolute Gasteiger partial charge is 0.507 e. The van der Waals surface area contributed by atoms with E-state index in [9.17, 15) is 5.11 Å². The van der Waals surface area contributed by atoms with Crippen molar-refractivity contribution in [2.45, 2.75) is 30.9 Å². The fourth-order valence-corrected chi connectivity index (χ4v) is 2.56. The van der Waals surface area contributed by atoms with E-state index in [2.05, 4.69) is 22.2 Å². The van der Waals surface area contributed by atoms with Gasteiger partial charge in [-0.1, -0.05) is 19.1 Å². The first-order valence-corrected chi connectivity index (χ1v) is 7.67. The molecule has 2 aromatic rings. The van der Waals surface area contributed by atoms with Crippen LogP contribution >= 0.6 is 11.8 Å². The van der Waals surface area contributed by atoms with Crippen LogP contribution in [0.25, 0.3) is 0 Å². The van der Waals surface area contributed by atoms with E-state index in [1.807, 2.05) is 31.2 Å². The zero-order valence-electron chi connectivity index (χ0n) is 11.8. The molecule has 0 saturated heterocycles. The van der Waals surface area contributed by atoms with Crippen LogP contribution in [0.3, 0.4) is 0 Å². The molecule has 0 radical (unpaired) electrons. The number of phenolic OH excluding ortho intramolecular Hbond substituents is 1. The van der Waals surface area contributed by atoms with Gasteiger partial charge in [0.25, 0.3) is 0 Å². The number of thioether (sulfide) groups is 1. The number of rotatable bonds is 6. The number of nitrogens with zero attached hydrogens (tertiary/aromatic N) is 2. The molecule has 2 rings (SSSR count). The molecule has 0 saturated carbocycles. The Labute approximate surface area is 123 Å². The van der Waals surface area contributed by atoms with Gasteiger partial charge in [0.15, 0.2) is 0 Å². The minimum atomic E-state index is 0.300. The number of aryl methyl sites for hydroxylation is 1. The zero-order chi connectivity index (χ0) is 14.4. The van der Waals surface area contributed by atoms with E-state index in [1.54, 1.807) is 6.07 Å². The first kappa shape index (κ1) is 14.7. The molecular weight excluding hydrogens is 270 g/mol. The third-order valence-electron chi connectivity index (χ3n) is 2.68. The third kappa shape index (κ3) is 4.13. The standard InChI is InChI=1S/C15H19N3OS/c1-3-8-16-14-9-11(2)17-15(18-14)10-20-13-7-5-4-6-12(13)19/h4-7,9,19H,3,8,10H2,1-2H3,(H,16,17,18). The second kappa shape index (κ2) is 7.14. The normalized spacial score (nSPS) is 10.5. The zero-order valence-corrected chi connectivity index (χ0v) is 12.6. The Bertz CT molecular complexity index is 575. The number of aromatic nitrogens is 2. The first-order chi connectivity index (χ1) is 9.69. The fourth-order valence-electron chi connectivity index (χ4n) is 1.76. The average molecular weight is 289 g/mol. The van der Waals surface area contributed by atoms with Crippen molar-refractivity contribution in [3.63, 3.8) is 0 Å². The predicted molar refractivity (Wildman–Crippen MR) is 83.2 cm³/mol. The number of para-hydroxylation sites is 1. The lowest BCUT2D eigenvalue weighted by Gasteiger charge is -2.08. The van der Waals surface area contributed by atoms with Crippen molar-refractivity contribution in [3.05, 3.63) is 41.9 Å². The number of phenols is 1. The minimum Gasteiger partial charge on any atom is -0.507 e. The summed E-state index contributed by atoms with van der Waals surface area (Å²) in [6.07, 6.45) is 1.06. The molecule has 106 valence electrons. The molecule has 0 unspecified atom stereocenters. The molecule has 4 nitrogen and oxygen atoms in total. The van der Waals surface area contributed by atoms with Crippen molar-refractivity contribution in [2.75, 3.05) is 11.9 Å². The minimum absolute atomic E-state index is 0.300. The van der Waals surface area contributed by atoms with Crippen molar-refractivity contribution in [1.82, 2.24) is 9.97 Å². The Hall–Kier alpha value is -1.75. The van der Waals surface area contributed by atoms with E-state index >= 15 is 0 Å². The molecule has 5 heteroatoms. The molecular formula is C15H19N3OS. The first-order valence-electron chi connectivity index (χ1n) is 6.68. The lowest BCUT2D eigenvalue weighted by Crippen LogP contribution is -2.05. The monoisotopic (exact) mass is 289 g/mol. The highest BCUT2D eigenvalue weighted by Gasteiger charge is 2.05. The highest BCUT2D eigenvalue weighted by molar-refractivity contribution is 7.98. The summed E-state index contributed by atoms with van der Waals surface area (Å²) in [6, 6.07) is 9.26. The molecule has 0 amide bonds. The maximum absolute atomic E-state index is 9.74. The second-order valence-electron chi connectivity index (χ2n) is 4.49. The number of hydrogen-bond acceptors (Lipinski definition) is 5. The van der Waals surface area contributed by atoms with E-state index in [1.165, 1.54) is 11.8 Å². The Kier molecular flexibility index (Phi) is 5.24. The Morgan fingerprint density at radius 2 is 2.05 bits per heavy atom. The van der Waals surface area contributed by atoms with Gasteiger partial charge in [0.05, 0.1) is 5.75 Å². The summed E-state index contributed by atoms with van der Waals surface area (Å²) >= 11 is 1.54. The summed E-state index contributed by atoms with van der Waals surface area (Å²) in [4.78, 5) is 9.77. The average Bonchev–Trinajstić information content (AvgIpc) is 2.44. The van der Waals surface area contributed by atoms with E-state index in [0.717, 1.165) is 35.2 Å². The quantitative estimate of drug-likeness (QED) is 0.796. The number of anilines is 1. The second-order valence-corrected chi connectivity index (χ2v) is 5.51. The van der Waals surface area contributed by atoms with Gasteiger partial charge < -0.3 is 10.4 Å². The lowest BCUT2D eigenvalue weighted by molar-refractivity contribution is 0.462. The Morgan fingerprint density at radius 1 is 1.25 bits per heavy atom. The van der Waals surface area contributed by atoms with Gasteiger partial charge in [0, 0.05) is 23.2 Å².